The van der Waals surface area contributed by atoms with E-state index >= 15 is 0 Å². The van der Waals surface area contributed by atoms with E-state index in [2.05, 4.69) is 5.32 Å². The molecule has 0 amide bonds. The number of ether oxygens (including phenoxy) is 2. The number of nitrogens with one attached hydrogen (secondary N) is 1. The predicted molar refractivity (Wildman–Crippen MR) is 81.0 cm³/mol. The summed E-state index contributed by atoms with van der Waals surface area (Å²) in [5, 5.41) is 3.72. The van der Waals surface area contributed by atoms with E-state index in [9.17, 15) is 0 Å². The molecule has 3 rings (SSSR count). The molecule has 3 aliphatic rings. The number of hydrogen-bond donors (Lipinski definition) is 1. The molecule has 3 nitrogen and oxygen atoms in total. The lowest BCUT2D eigenvalue weighted by Crippen LogP contribution is -2.45. The van der Waals surface area contributed by atoms with Crippen molar-refractivity contribution in [3.05, 3.63) is 0 Å². The molecule has 1 unspecified atom stereocenters. The average molecular weight is 281 g/mol. The Morgan fingerprint density at radius 3 is 2.40 bits per heavy atom. The smallest absolute Gasteiger partial charge is 0.0808 e. The molecule has 3 heteroatoms. The molecule has 1 atom stereocenters. The normalized spacial score (nSPS) is 30.9. The van der Waals surface area contributed by atoms with Gasteiger partial charge in [0.1, 0.15) is 0 Å². The molecule has 0 radical (unpaired) electrons. The lowest BCUT2D eigenvalue weighted by Gasteiger charge is -2.35. The van der Waals surface area contributed by atoms with Crippen LogP contribution in [0.4, 0.5) is 0 Å². The van der Waals surface area contributed by atoms with Crippen LogP contribution in [0, 0.1) is 0 Å². The van der Waals surface area contributed by atoms with Gasteiger partial charge in [0.2, 0.25) is 0 Å². The minimum Gasteiger partial charge on any atom is -0.376 e. The molecule has 2 saturated carbocycles. The van der Waals surface area contributed by atoms with Crippen molar-refractivity contribution in [2.75, 3.05) is 19.8 Å². The fourth-order valence-corrected chi connectivity index (χ4v) is 3.57. The van der Waals surface area contributed by atoms with E-state index < -0.39 is 0 Å². The Hall–Kier alpha value is -0.120. The predicted octanol–water partition coefficient (Wildman–Crippen LogP) is 3.42. The second-order valence-electron chi connectivity index (χ2n) is 7.05. The number of rotatable bonds is 6. The standard InChI is InChI=1S/C17H31NO2/c1-2-5-11-17(10-4-1,14-18-15-8-9-15)20-13-16-7-3-6-12-19-16/h15-16,18H,1-14H2. The molecular formula is C17H31NO2. The third-order valence-corrected chi connectivity index (χ3v) is 5.15. The fourth-order valence-electron chi connectivity index (χ4n) is 3.57. The van der Waals surface area contributed by atoms with Gasteiger partial charge in [-0.3, -0.25) is 0 Å². The Bertz CT molecular complexity index is 277. The van der Waals surface area contributed by atoms with Gasteiger partial charge in [-0.2, -0.15) is 0 Å². The summed E-state index contributed by atoms with van der Waals surface area (Å²) in [5.41, 5.74) is 0.0971. The van der Waals surface area contributed by atoms with Gasteiger partial charge >= 0.3 is 0 Å². The van der Waals surface area contributed by atoms with Crippen LogP contribution < -0.4 is 5.32 Å². The van der Waals surface area contributed by atoms with Gasteiger partial charge in [0.15, 0.2) is 0 Å². The molecule has 2 aliphatic carbocycles. The molecule has 0 aromatic heterocycles. The highest BCUT2D eigenvalue weighted by atomic mass is 16.5. The Balaban J connectivity index is 1.51. The van der Waals surface area contributed by atoms with Crippen LogP contribution in [0.2, 0.25) is 0 Å². The van der Waals surface area contributed by atoms with Crippen molar-refractivity contribution in [3.8, 4) is 0 Å². The zero-order chi connectivity index (χ0) is 13.7. The van der Waals surface area contributed by atoms with Crippen molar-refractivity contribution < 1.29 is 9.47 Å². The highest BCUT2D eigenvalue weighted by molar-refractivity contribution is 4.90. The molecule has 0 aromatic carbocycles. The maximum Gasteiger partial charge on any atom is 0.0808 e. The summed E-state index contributed by atoms with van der Waals surface area (Å²) in [7, 11) is 0. The van der Waals surface area contributed by atoms with Gasteiger partial charge in [-0.15, -0.1) is 0 Å². The molecular weight excluding hydrogens is 250 g/mol. The Morgan fingerprint density at radius 2 is 1.75 bits per heavy atom. The minimum absolute atomic E-state index is 0.0971. The molecule has 0 bridgehead atoms. The first-order valence-electron chi connectivity index (χ1n) is 8.85. The SMILES string of the molecule is C1CCCC(CNC2CC2)(OCC2CCCCO2)CC1. The highest BCUT2D eigenvalue weighted by Gasteiger charge is 2.35. The Morgan fingerprint density at radius 1 is 0.950 bits per heavy atom. The van der Waals surface area contributed by atoms with E-state index in [-0.39, 0.29) is 5.60 Å². The molecule has 0 aromatic rings. The zero-order valence-corrected chi connectivity index (χ0v) is 12.9. The Kier molecular flexibility index (Phi) is 5.36. The van der Waals surface area contributed by atoms with Crippen LogP contribution in [0.15, 0.2) is 0 Å². The van der Waals surface area contributed by atoms with Crippen molar-refractivity contribution in [1.82, 2.24) is 5.32 Å². The Labute approximate surface area is 123 Å². The first kappa shape index (κ1) is 14.8. The van der Waals surface area contributed by atoms with Crippen molar-refractivity contribution in [1.29, 1.82) is 0 Å². The largest absolute Gasteiger partial charge is 0.376 e. The second-order valence-corrected chi connectivity index (χ2v) is 7.05. The van der Waals surface area contributed by atoms with E-state index in [1.165, 1.54) is 70.6 Å². The second kappa shape index (κ2) is 7.24. The third-order valence-electron chi connectivity index (χ3n) is 5.15. The van der Waals surface area contributed by atoms with Gasteiger partial charge in [-0.05, 0) is 44.9 Å². The molecule has 0 spiro atoms. The maximum atomic E-state index is 6.48. The monoisotopic (exact) mass is 281 g/mol. The molecule has 1 aliphatic heterocycles. The quantitative estimate of drug-likeness (QED) is 0.757. The summed E-state index contributed by atoms with van der Waals surface area (Å²) >= 11 is 0. The summed E-state index contributed by atoms with van der Waals surface area (Å²) < 4.78 is 12.3. The van der Waals surface area contributed by atoms with E-state index in [0.717, 1.165) is 25.8 Å². The maximum absolute atomic E-state index is 6.48. The van der Waals surface area contributed by atoms with Crippen molar-refractivity contribution in [2.45, 2.75) is 88.4 Å². The minimum atomic E-state index is 0.0971. The molecule has 1 heterocycles. The van der Waals surface area contributed by atoms with Crippen LogP contribution in [-0.4, -0.2) is 37.5 Å². The number of hydrogen-bond acceptors (Lipinski definition) is 3. The van der Waals surface area contributed by atoms with Gasteiger partial charge in [-0.1, -0.05) is 25.7 Å². The summed E-state index contributed by atoms with van der Waals surface area (Å²) in [4.78, 5) is 0. The summed E-state index contributed by atoms with van der Waals surface area (Å²) in [6, 6.07) is 0.782. The van der Waals surface area contributed by atoms with Crippen LogP contribution >= 0.6 is 0 Å². The van der Waals surface area contributed by atoms with Crippen LogP contribution in [0.5, 0.6) is 0 Å². The third kappa shape index (κ3) is 4.44. The van der Waals surface area contributed by atoms with Gasteiger partial charge in [0.05, 0.1) is 18.3 Å². The van der Waals surface area contributed by atoms with Crippen LogP contribution in [-0.2, 0) is 9.47 Å². The first-order valence-corrected chi connectivity index (χ1v) is 8.85. The lowest BCUT2D eigenvalue weighted by atomic mass is 9.93. The van der Waals surface area contributed by atoms with Crippen LogP contribution in [0.3, 0.4) is 0 Å². The highest BCUT2D eigenvalue weighted by Crippen LogP contribution is 2.32. The van der Waals surface area contributed by atoms with Gasteiger partial charge in [-0.25, -0.2) is 0 Å². The average Bonchev–Trinajstić information content (AvgIpc) is 3.32. The van der Waals surface area contributed by atoms with E-state index in [1.54, 1.807) is 0 Å². The van der Waals surface area contributed by atoms with Crippen LogP contribution in [0.25, 0.3) is 0 Å². The van der Waals surface area contributed by atoms with Crippen molar-refractivity contribution in [2.24, 2.45) is 0 Å². The van der Waals surface area contributed by atoms with Crippen LogP contribution in [0.1, 0.15) is 70.6 Å². The lowest BCUT2D eigenvalue weighted by molar-refractivity contribution is -0.112. The molecule has 1 saturated heterocycles. The fraction of sp³-hybridized carbons (Fsp3) is 1.00. The molecule has 1 N–H and O–H groups in total. The molecule has 116 valence electrons. The van der Waals surface area contributed by atoms with Crippen molar-refractivity contribution in [3.63, 3.8) is 0 Å². The van der Waals surface area contributed by atoms with Gasteiger partial charge < -0.3 is 14.8 Å². The topological polar surface area (TPSA) is 30.5 Å². The van der Waals surface area contributed by atoms with Gasteiger partial charge in [0, 0.05) is 19.2 Å². The van der Waals surface area contributed by atoms with E-state index in [4.69, 9.17) is 9.47 Å². The van der Waals surface area contributed by atoms with E-state index in [0.29, 0.717) is 6.10 Å². The molecule has 20 heavy (non-hydrogen) atoms. The van der Waals surface area contributed by atoms with E-state index in [1.807, 2.05) is 0 Å². The summed E-state index contributed by atoms with van der Waals surface area (Å²) in [6.45, 7) is 2.80. The summed E-state index contributed by atoms with van der Waals surface area (Å²) in [5.74, 6) is 0. The zero-order valence-electron chi connectivity index (χ0n) is 12.9. The van der Waals surface area contributed by atoms with Crippen molar-refractivity contribution >= 4 is 0 Å². The molecule has 3 fully saturated rings. The first-order chi connectivity index (χ1) is 9.86. The van der Waals surface area contributed by atoms with Gasteiger partial charge in [0.25, 0.3) is 0 Å². The summed E-state index contributed by atoms with van der Waals surface area (Å²) in [6.07, 6.45) is 14.7.